The van der Waals surface area contributed by atoms with Crippen molar-refractivity contribution in [3.8, 4) is 5.75 Å². The number of aliphatic imine (C=N–C) groups is 1. The average Bonchev–Trinajstić information content (AvgIpc) is 3.07. The van der Waals surface area contributed by atoms with Gasteiger partial charge in [-0.2, -0.15) is 0 Å². The molecule has 4 rings (SSSR count). The van der Waals surface area contributed by atoms with Crippen molar-refractivity contribution < 1.29 is 4.74 Å². The van der Waals surface area contributed by atoms with Gasteiger partial charge in [0.2, 0.25) is 0 Å². The Morgan fingerprint density at radius 3 is 2.82 bits per heavy atom. The summed E-state index contributed by atoms with van der Waals surface area (Å²) in [5.74, 6) is 1.69. The zero-order valence-electron chi connectivity index (χ0n) is 16.3. The Hall–Kier alpha value is -2.29. The molecule has 1 aliphatic heterocycles. The van der Waals surface area contributed by atoms with Gasteiger partial charge in [0, 0.05) is 31.4 Å². The second-order valence-corrected chi connectivity index (χ2v) is 7.42. The molecule has 6 nitrogen and oxygen atoms in total. The first-order chi connectivity index (χ1) is 13.0. The number of ether oxygens (including phenoxy) is 1. The van der Waals surface area contributed by atoms with Gasteiger partial charge >= 0.3 is 0 Å². The van der Waals surface area contributed by atoms with Gasteiger partial charge in [-0.05, 0) is 32.0 Å². The van der Waals surface area contributed by atoms with E-state index < -0.39 is 0 Å². The number of nitrogens with zero attached hydrogens (tertiary/aromatic N) is 3. The fourth-order valence-electron chi connectivity index (χ4n) is 3.54. The van der Waals surface area contributed by atoms with E-state index in [1.807, 2.05) is 53.2 Å². The maximum absolute atomic E-state index is 6.11. The third-order valence-corrected chi connectivity index (χ3v) is 4.76. The molecule has 0 radical (unpaired) electrons. The number of aromatic nitrogens is 2. The molecule has 0 saturated heterocycles. The third-order valence-electron chi connectivity index (χ3n) is 4.76. The molecule has 0 saturated carbocycles. The smallest absolute Gasteiger partial charge is 0.191 e. The Bertz CT molecular complexity index is 949. The van der Waals surface area contributed by atoms with E-state index >= 15 is 0 Å². The Morgan fingerprint density at radius 2 is 2.04 bits per heavy atom. The van der Waals surface area contributed by atoms with Gasteiger partial charge in [0.15, 0.2) is 5.96 Å². The zero-order chi connectivity index (χ0) is 18.9. The molecule has 0 fully saturated rings. The molecule has 1 atom stereocenters. The molecule has 2 aromatic heterocycles. The number of para-hydroxylation sites is 1. The number of guanidine groups is 1. The second-order valence-electron chi connectivity index (χ2n) is 7.42. The van der Waals surface area contributed by atoms with Crippen molar-refractivity contribution in [3.05, 3.63) is 66.1 Å². The molecule has 3 aromatic rings. The first-order valence-electron chi connectivity index (χ1n) is 9.22. The summed E-state index contributed by atoms with van der Waals surface area (Å²) in [7, 11) is 1.79. The highest BCUT2D eigenvalue weighted by molar-refractivity contribution is 14.0. The minimum absolute atomic E-state index is 0. The average molecular weight is 491 g/mol. The molecule has 0 bridgehead atoms. The molecule has 28 heavy (non-hydrogen) atoms. The summed E-state index contributed by atoms with van der Waals surface area (Å²) in [6.45, 7) is 4.84. The minimum atomic E-state index is -0.230. The molecular formula is C21H26IN5O. The van der Waals surface area contributed by atoms with E-state index in [1.165, 1.54) is 0 Å². The zero-order valence-corrected chi connectivity index (χ0v) is 18.7. The van der Waals surface area contributed by atoms with Crippen LogP contribution in [0.1, 0.15) is 37.6 Å². The first-order valence-corrected chi connectivity index (χ1v) is 9.22. The summed E-state index contributed by atoms with van der Waals surface area (Å²) >= 11 is 0. The fourth-order valence-corrected chi connectivity index (χ4v) is 3.54. The Morgan fingerprint density at radius 1 is 1.25 bits per heavy atom. The number of imidazole rings is 1. The second kappa shape index (κ2) is 8.38. The molecule has 0 aliphatic carbocycles. The van der Waals surface area contributed by atoms with Crippen LogP contribution in [0.5, 0.6) is 5.75 Å². The Labute approximate surface area is 182 Å². The first kappa shape index (κ1) is 20.4. The van der Waals surface area contributed by atoms with Crippen LogP contribution >= 0.6 is 24.0 Å². The quantitative estimate of drug-likeness (QED) is 0.331. The van der Waals surface area contributed by atoms with Crippen LogP contribution in [0.2, 0.25) is 0 Å². The van der Waals surface area contributed by atoms with Crippen molar-refractivity contribution in [2.75, 3.05) is 7.05 Å². The lowest BCUT2D eigenvalue weighted by molar-refractivity contribution is 0.0694. The third kappa shape index (κ3) is 4.40. The highest BCUT2D eigenvalue weighted by Crippen LogP contribution is 2.39. The highest BCUT2D eigenvalue weighted by atomic mass is 127. The van der Waals surface area contributed by atoms with E-state index in [0.717, 1.165) is 35.0 Å². The van der Waals surface area contributed by atoms with Crippen molar-refractivity contribution >= 4 is 35.6 Å². The number of pyridine rings is 1. The van der Waals surface area contributed by atoms with Crippen LogP contribution in [0.15, 0.2) is 59.9 Å². The molecule has 7 heteroatoms. The maximum atomic E-state index is 6.11. The van der Waals surface area contributed by atoms with Crippen molar-refractivity contribution in [1.29, 1.82) is 0 Å². The van der Waals surface area contributed by atoms with Crippen molar-refractivity contribution in [2.45, 2.75) is 38.5 Å². The summed E-state index contributed by atoms with van der Waals surface area (Å²) in [6.07, 6.45) is 4.89. The van der Waals surface area contributed by atoms with Crippen LogP contribution in [0.3, 0.4) is 0 Å². The van der Waals surface area contributed by atoms with Gasteiger partial charge in [0.05, 0.1) is 18.3 Å². The number of halogens is 1. The van der Waals surface area contributed by atoms with E-state index in [2.05, 4.69) is 40.5 Å². The largest absolute Gasteiger partial charge is 0.487 e. The van der Waals surface area contributed by atoms with Gasteiger partial charge in [0.25, 0.3) is 0 Å². The van der Waals surface area contributed by atoms with Crippen LogP contribution in [-0.2, 0) is 6.54 Å². The van der Waals surface area contributed by atoms with Crippen molar-refractivity contribution in [1.82, 2.24) is 20.0 Å². The summed E-state index contributed by atoms with van der Waals surface area (Å²) in [5.41, 5.74) is 2.84. The van der Waals surface area contributed by atoms with Crippen LogP contribution in [0.4, 0.5) is 0 Å². The summed E-state index contributed by atoms with van der Waals surface area (Å²) in [4.78, 5) is 9.01. The van der Waals surface area contributed by atoms with Gasteiger partial charge in [-0.1, -0.05) is 24.3 Å². The molecule has 1 unspecified atom stereocenters. The molecule has 1 aliphatic rings. The van der Waals surface area contributed by atoms with Crippen LogP contribution in [-0.4, -0.2) is 28.0 Å². The van der Waals surface area contributed by atoms with Crippen LogP contribution < -0.4 is 15.4 Å². The molecule has 0 spiro atoms. The summed E-state index contributed by atoms with van der Waals surface area (Å²) < 4.78 is 8.13. The molecular weight excluding hydrogens is 465 g/mol. The van der Waals surface area contributed by atoms with Crippen molar-refractivity contribution in [3.63, 3.8) is 0 Å². The molecule has 1 aromatic carbocycles. The van der Waals surface area contributed by atoms with Gasteiger partial charge in [0.1, 0.15) is 17.0 Å². The number of rotatable bonds is 3. The molecule has 148 valence electrons. The van der Waals surface area contributed by atoms with Gasteiger partial charge < -0.3 is 19.8 Å². The Balaban J connectivity index is 0.00000225. The van der Waals surface area contributed by atoms with E-state index in [-0.39, 0.29) is 35.6 Å². The maximum Gasteiger partial charge on any atom is 0.191 e. The molecule has 3 heterocycles. The topological polar surface area (TPSA) is 63.0 Å². The normalized spacial score (nSPS) is 18.0. The Kier molecular flexibility index (Phi) is 6.12. The van der Waals surface area contributed by atoms with E-state index in [0.29, 0.717) is 6.54 Å². The van der Waals surface area contributed by atoms with Crippen LogP contribution in [0, 0.1) is 0 Å². The molecule has 0 amide bonds. The number of nitrogens with one attached hydrogen (secondary N) is 2. The lowest BCUT2D eigenvalue weighted by atomic mass is 9.90. The van der Waals surface area contributed by atoms with Gasteiger partial charge in [-0.3, -0.25) is 4.99 Å². The van der Waals surface area contributed by atoms with Crippen LogP contribution in [0.25, 0.3) is 5.65 Å². The number of hydrogen-bond acceptors (Lipinski definition) is 3. The molecule has 2 N–H and O–H groups in total. The number of fused-ring (bicyclic) bond motifs is 2. The fraction of sp³-hybridized carbons (Fsp3) is 0.333. The van der Waals surface area contributed by atoms with E-state index in [4.69, 9.17) is 4.74 Å². The standard InChI is InChI=1S/C21H25N5O.HI/c1-21(2)12-17(16-8-4-5-9-18(16)27-21)25-20(22-3)23-13-15-14-26-11-7-6-10-19(26)24-15;/h4-11,14,17H,12-13H2,1-3H3,(H2,22,23,25);1H. The van der Waals surface area contributed by atoms with E-state index in [9.17, 15) is 0 Å². The number of hydrogen-bond donors (Lipinski definition) is 2. The SMILES string of the molecule is CN=C(NCc1cn2ccccc2n1)NC1CC(C)(C)Oc2ccccc21.I. The van der Waals surface area contributed by atoms with Gasteiger partial charge in [-0.15, -0.1) is 24.0 Å². The van der Waals surface area contributed by atoms with E-state index in [1.54, 1.807) is 7.05 Å². The van der Waals surface area contributed by atoms with Gasteiger partial charge in [-0.25, -0.2) is 4.98 Å². The lowest BCUT2D eigenvalue weighted by Crippen LogP contribution is -2.45. The number of benzene rings is 1. The monoisotopic (exact) mass is 491 g/mol. The predicted octanol–water partition coefficient (Wildman–Crippen LogP) is 3.92. The van der Waals surface area contributed by atoms with Crippen molar-refractivity contribution in [2.24, 2.45) is 4.99 Å². The lowest BCUT2D eigenvalue weighted by Gasteiger charge is -2.38. The highest BCUT2D eigenvalue weighted by Gasteiger charge is 2.33. The predicted molar refractivity (Wildman–Crippen MR) is 122 cm³/mol. The minimum Gasteiger partial charge on any atom is -0.487 e. The summed E-state index contributed by atoms with van der Waals surface area (Å²) in [6, 6.07) is 14.3. The summed E-state index contributed by atoms with van der Waals surface area (Å²) in [5, 5.41) is 6.92.